The average Bonchev–Trinajstić information content (AvgIpc) is 2.80. The first kappa shape index (κ1) is 15.1. The van der Waals surface area contributed by atoms with Crippen LogP contribution in [0.5, 0.6) is 0 Å². The quantitative estimate of drug-likeness (QED) is 0.843. The van der Waals surface area contributed by atoms with Crippen molar-refractivity contribution >= 4 is 15.9 Å². The monoisotopic (exact) mass is 337 g/mol. The molecule has 0 amide bonds. The van der Waals surface area contributed by atoms with E-state index in [-0.39, 0.29) is 6.04 Å². The highest BCUT2D eigenvalue weighted by atomic mass is 79.9. The van der Waals surface area contributed by atoms with Crippen molar-refractivity contribution in [3.8, 4) is 0 Å². The zero-order valence-corrected chi connectivity index (χ0v) is 13.5. The third-order valence-electron chi connectivity index (χ3n) is 3.27. The number of nitrogens with one attached hydrogen (secondary N) is 1. The Hall–Kier alpha value is -1.27. The highest BCUT2D eigenvalue weighted by Crippen LogP contribution is 2.24. The van der Waals surface area contributed by atoms with Crippen molar-refractivity contribution in [1.29, 1.82) is 0 Å². The fourth-order valence-electron chi connectivity index (χ4n) is 2.22. The highest BCUT2D eigenvalue weighted by Gasteiger charge is 2.19. The molecule has 0 aliphatic heterocycles. The van der Waals surface area contributed by atoms with Crippen LogP contribution in [0.1, 0.15) is 37.1 Å². The first-order valence-corrected chi connectivity index (χ1v) is 7.69. The van der Waals surface area contributed by atoms with Crippen LogP contribution in [0.25, 0.3) is 0 Å². The Morgan fingerprint density at radius 1 is 1.35 bits per heavy atom. The maximum absolute atomic E-state index is 4.08. The van der Waals surface area contributed by atoms with Crippen molar-refractivity contribution in [2.45, 2.75) is 32.2 Å². The maximum atomic E-state index is 4.08. The summed E-state index contributed by atoms with van der Waals surface area (Å²) in [6, 6.07) is 4.37. The first-order chi connectivity index (χ1) is 9.72. The minimum absolute atomic E-state index is 0.248. The van der Waals surface area contributed by atoms with Gasteiger partial charge in [-0.05, 0) is 59.4 Å². The van der Waals surface area contributed by atoms with Crippen LogP contribution in [0, 0.1) is 0 Å². The van der Waals surface area contributed by atoms with Crippen LogP contribution < -0.4 is 5.32 Å². The van der Waals surface area contributed by atoms with Gasteiger partial charge in [0.2, 0.25) is 0 Å². The Bertz CT molecular complexity index is 506. The molecule has 0 aromatic carbocycles. The van der Waals surface area contributed by atoms with E-state index < -0.39 is 0 Å². The van der Waals surface area contributed by atoms with E-state index in [1.54, 1.807) is 0 Å². The molecule has 2 rings (SSSR count). The molecule has 2 heterocycles. The number of nitrogens with zero attached hydrogens (tertiary/aromatic N) is 4. The van der Waals surface area contributed by atoms with E-state index in [0.29, 0.717) is 0 Å². The summed E-state index contributed by atoms with van der Waals surface area (Å²) in [6.45, 7) is 3.15. The van der Waals surface area contributed by atoms with Gasteiger partial charge in [0.15, 0.2) is 4.60 Å². The van der Waals surface area contributed by atoms with E-state index in [2.05, 4.69) is 55.6 Å². The number of halogens is 1. The molecule has 0 bridgehead atoms. The Kier molecular flexibility index (Phi) is 5.67. The molecule has 0 saturated carbocycles. The van der Waals surface area contributed by atoms with E-state index in [9.17, 15) is 0 Å². The standard InChI is InChI=1S/C14H20BrN5/c1-3-8-17-12(13-14(15)18-19-20(13)2)5-4-11-6-9-16-10-7-11/h6-7,9-10,12,17H,3-5,8H2,1-2H3. The molecule has 0 radical (unpaired) electrons. The van der Waals surface area contributed by atoms with Gasteiger partial charge in [-0.1, -0.05) is 12.1 Å². The lowest BCUT2D eigenvalue weighted by molar-refractivity contribution is 0.466. The van der Waals surface area contributed by atoms with Crippen molar-refractivity contribution in [2.75, 3.05) is 6.54 Å². The van der Waals surface area contributed by atoms with Crippen LogP contribution >= 0.6 is 15.9 Å². The first-order valence-electron chi connectivity index (χ1n) is 6.89. The molecule has 108 valence electrons. The topological polar surface area (TPSA) is 55.6 Å². The Morgan fingerprint density at radius 3 is 2.70 bits per heavy atom. The Labute approximate surface area is 127 Å². The molecule has 2 aromatic heterocycles. The molecule has 0 saturated heterocycles. The summed E-state index contributed by atoms with van der Waals surface area (Å²) in [6.07, 6.45) is 6.79. The molecular weight excluding hydrogens is 318 g/mol. The van der Waals surface area contributed by atoms with Gasteiger partial charge in [0.1, 0.15) is 0 Å². The second-order valence-electron chi connectivity index (χ2n) is 4.79. The third kappa shape index (κ3) is 3.86. The van der Waals surface area contributed by atoms with Gasteiger partial charge in [-0.15, -0.1) is 5.10 Å². The van der Waals surface area contributed by atoms with E-state index in [1.165, 1.54) is 5.56 Å². The van der Waals surface area contributed by atoms with Crippen LogP contribution in [0.4, 0.5) is 0 Å². The second-order valence-corrected chi connectivity index (χ2v) is 5.54. The van der Waals surface area contributed by atoms with Gasteiger partial charge in [-0.25, -0.2) is 4.68 Å². The fraction of sp³-hybridized carbons (Fsp3) is 0.500. The summed E-state index contributed by atoms with van der Waals surface area (Å²) in [4.78, 5) is 4.05. The summed E-state index contributed by atoms with van der Waals surface area (Å²) in [5, 5.41) is 11.7. The number of aryl methyl sites for hydroxylation is 2. The summed E-state index contributed by atoms with van der Waals surface area (Å²) < 4.78 is 2.66. The molecule has 1 N–H and O–H groups in total. The van der Waals surface area contributed by atoms with Crippen molar-refractivity contribution < 1.29 is 0 Å². The maximum Gasteiger partial charge on any atom is 0.153 e. The Morgan fingerprint density at radius 2 is 2.10 bits per heavy atom. The minimum atomic E-state index is 0.248. The van der Waals surface area contributed by atoms with Gasteiger partial charge in [0, 0.05) is 19.4 Å². The number of hydrogen-bond acceptors (Lipinski definition) is 4. The average molecular weight is 338 g/mol. The molecule has 2 aromatic rings. The number of rotatable bonds is 7. The lowest BCUT2D eigenvalue weighted by Gasteiger charge is -2.18. The molecule has 0 fully saturated rings. The van der Waals surface area contributed by atoms with Gasteiger partial charge in [-0.2, -0.15) is 0 Å². The summed E-state index contributed by atoms with van der Waals surface area (Å²) in [5.41, 5.74) is 2.40. The zero-order chi connectivity index (χ0) is 14.4. The predicted octanol–water partition coefficient (Wildman–Crippen LogP) is 2.65. The number of hydrogen-bond donors (Lipinski definition) is 1. The molecule has 1 atom stereocenters. The van der Waals surface area contributed by atoms with Crippen LogP contribution in [-0.4, -0.2) is 26.5 Å². The molecule has 0 aliphatic carbocycles. The molecule has 20 heavy (non-hydrogen) atoms. The largest absolute Gasteiger partial charge is 0.309 e. The Balaban J connectivity index is 2.08. The van der Waals surface area contributed by atoms with Crippen LogP contribution in [0.2, 0.25) is 0 Å². The van der Waals surface area contributed by atoms with Crippen molar-refractivity contribution in [1.82, 2.24) is 25.3 Å². The van der Waals surface area contributed by atoms with Gasteiger partial charge in [0.05, 0.1) is 11.7 Å². The lowest BCUT2D eigenvalue weighted by atomic mass is 10.0. The highest BCUT2D eigenvalue weighted by molar-refractivity contribution is 9.10. The second kappa shape index (κ2) is 7.50. The summed E-state index contributed by atoms with van der Waals surface area (Å²) in [5.74, 6) is 0. The third-order valence-corrected chi connectivity index (χ3v) is 3.83. The zero-order valence-electron chi connectivity index (χ0n) is 11.9. The van der Waals surface area contributed by atoms with Crippen molar-refractivity contribution in [3.05, 3.63) is 40.4 Å². The van der Waals surface area contributed by atoms with Crippen LogP contribution in [0.15, 0.2) is 29.1 Å². The number of pyridine rings is 1. The van der Waals surface area contributed by atoms with E-state index in [4.69, 9.17) is 0 Å². The molecule has 0 spiro atoms. The molecule has 5 nitrogen and oxygen atoms in total. The van der Waals surface area contributed by atoms with Crippen molar-refractivity contribution in [3.63, 3.8) is 0 Å². The van der Waals surface area contributed by atoms with Gasteiger partial charge < -0.3 is 5.32 Å². The lowest BCUT2D eigenvalue weighted by Crippen LogP contribution is -2.25. The summed E-state index contributed by atoms with van der Waals surface area (Å²) in [7, 11) is 1.93. The van der Waals surface area contributed by atoms with Crippen LogP contribution in [0.3, 0.4) is 0 Å². The molecular formula is C14H20BrN5. The summed E-state index contributed by atoms with van der Waals surface area (Å²) >= 11 is 3.49. The van der Waals surface area contributed by atoms with Gasteiger partial charge in [-0.3, -0.25) is 4.98 Å². The van der Waals surface area contributed by atoms with Gasteiger partial charge >= 0.3 is 0 Å². The van der Waals surface area contributed by atoms with E-state index in [1.807, 2.05) is 24.1 Å². The molecule has 6 heteroatoms. The minimum Gasteiger partial charge on any atom is -0.309 e. The molecule has 0 aliphatic rings. The normalized spacial score (nSPS) is 12.6. The smallest absolute Gasteiger partial charge is 0.153 e. The van der Waals surface area contributed by atoms with E-state index in [0.717, 1.165) is 36.1 Å². The molecule has 1 unspecified atom stereocenters. The van der Waals surface area contributed by atoms with E-state index >= 15 is 0 Å². The van der Waals surface area contributed by atoms with Crippen LogP contribution in [-0.2, 0) is 13.5 Å². The predicted molar refractivity (Wildman–Crippen MR) is 82.3 cm³/mol. The SMILES string of the molecule is CCCNC(CCc1ccncc1)c1c(Br)nnn1C. The van der Waals surface area contributed by atoms with Crippen molar-refractivity contribution in [2.24, 2.45) is 7.05 Å². The van der Waals surface area contributed by atoms with Gasteiger partial charge in [0.25, 0.3) is 0 Å². The fourth-order valence-corrected chi connectivity index (χ4v) is 2.83. The number of aromatic nitrogens is 4.